The number of benzene rings is 1. The molecule has 9 heteroatoms. The molecule has 1 unspecified atom stereocenters. The Labute approximate surface area is 185 Å². The predicted octanol–water partition coefficient (Wildman–Crippen LogP) is 4.81. The summed E-state index contributed by atoms with van der Waals surface area (Å²) in [5, 5.41) is 5.17. The van der Waals surface area contributed by atoms with Crippen LogP contribution in [0.25, 0.3) is 11.0 Å². The highest BCUT2D eigenvalue weighted by Crippen LogP contribution is 2.35. The van der Waals surface area contributed by atoms with Gasteiger partial charge in [-0.15, -0.1) is 0 Å². The monoisotopic (exact) mass is 447 g/mol. The van der Waals surface area contributed by atoms with Crippen LogP contribution in [-0.4, -0.2) is 46.1 Å². The number of hydrogen-bond donors (Lipinski definition) is 0. The second kappa shape index (κ2) is 8.35. The van der Waals surface area contributed by atoms with Crippen LogP contribution in [0.4, 0.5) is 19.0 Å². The minimum absolute atomic E-state index is 0.0271. The molecule has 1 fully saturated rings. The topological polar surface area (TPSA) is 56.1 Å². The molecule has 3 heterocycles. The average Bonchev–Trinajstić information content (AvgIpc) is 3.34. The molecule has 0 spiro atoms. The zero-order valence-electron chi connectivity index (χ0n) is 18.8. The molecular weight excluding hydrogens is 419 g/mol. The van der Waals surface area contributed by atoms with E-state index in [0.717, 1.165) is 36.7 Å². The largest absolute Gasteiger partial charge is 0.416 e. The zero-order valence-corrected chi connectivity index (χ0v) is 18.8. The molecule has 1 saturated heterocycles. The predicted molar refractivity (Wildman–Crippen MR) is 117 cm³/mol. The standard InChI is InChI=1S/C23H28F3N5O/c1-22(2,3)21-28-19(30-11-7-9-16(30)14-32-4)17-12-27-31(20(17)29-21)13-15-8-5-6-10-18(15)23(24,25)26/h5-6,8,10,12,16H,7,9,11,13-14H2,1-4H3. The molecule has 1 aromatic carbocycles. The van der Waals surface area contributed by atoms with Crippen molar-refractivity contribution in [1.29, 1.82) is 0 Å². The quantitative estimate of drug-likeness (QED) is 0.562. The Morgan fingerprint density at radius 3 is 2.56 bits per heavy atom. The average molecular weight is 448 g/mol. The first-order valence-electron chi connectivity index (χ1n) is 10.7. The van der Waals surface area contributed by atoms with Crippen LogP contribution in [0.3, 0.4) is 0 Å². The van der Waals surface area contributed by atoms with E-state index in [9.17, 15) is 13.2 Å². The maximum Gasteiger partial charge on any atom is 0.416 e. The molecule has 0 saturated carbocycles. The normalized spacial score (nSPS) is 17.5. The number of ether oxygens (including phenoxy) is 1. The summed E-state index contributed by atoms with van der Waals surface area (Å²) in [4.78, 5) is 11.9. The minimum atomic E-state index is -4.43. The molecule has 172 valence electrons. The Balaban J connectivity index is 1.84. The van der Waals surface area contributed by atoms with Gasteiger partial charge < -0.3 is 9.64 Å². The molecule has 6 nitrogen and oxygen atoms in total. The second-order valence-corrected chi connectivity index (χ2v) is 9.26. The van der Waals surface area contributed by atoms with E-state index in [-0.39, 0.29) is 23.6 Å². The van der Waals surface area contributed by atoms with E-state index in [4.69, 9.17) is 14.7 Å². The van der Waals surface area contributed by atoms with Crippen LogP contribution in [0.1, 0.15) is 50.6 Å². The summed E-state index contributed by atoms with van der Waals surface area (Å²) < 4.78 is 47.5. The number of anilines is 1. The number of alkyl halides is 3. The Morgan fingerprint density at radius 2 is 1.88 bits per heavy atom. The number of hydrogen-bond acceptors (Lipinski definition) is 5. The van der Waals surface area contributed by atoms with Crippen molar-refractivity contribution in [3.63, 3.8) is 0 Å². The van der Waals surface area contributed by atoms with E-state index in [1.54, 1.807) is 24.1 Å². The summed E-state index contributed by atoms with van der Waals surface area (Å²) in [5.74, 6) is 1.41. The number of nitrogens with zero attached hydrogens (tertiary/aromatic N) is 5. The zero-order chi connectivity index (χ0) is 23.1. The highest BCUT2D eigenvalue weighted by atomic mass is 19.4. The summed E-state index contributed by atoms with van der Waals surface area (Å²) in [6, 6.07) is 5.78. The van der Waals surface area contributed by atoms with Crippen molar-refractivity contribution < 1.29 is 17.9 Å². The molecule has 2 aromatic heterocycles. The number of rotatable bonds is 5. The van der Waals surface area contributed by atoms with Crippen LogP contribution >= 0.6 is 0 Å². The lowest BCUT2D eigenvalue weighted by Crippen LogP contribution is -2.34. The highest BCUT2D eigenvalue weighted by Gasteiger charge is 2.34. The Hall–Kier alpha value is -2.68. The molecule has 0 amide bonds. The van der Waals surface area contributed by atoms with Gasteiger partial charge in [-0.1, -0.05) is 39.0 Å². The van der Waals surface area contributed by atoms with Gasteiger partial charge in [0.05, 0.1) is 36.3 Å². The van der Waals surface area contributed by atoms with E-state index in [0.29, 0.717) is 18.1 Å². The fourth-order valence-corrected chi connectivity index (χ4v) is 4.19. The van der Waals surface area contributed by atoms with Crippen LogP contribution in [0.5, 0.6) is 0 Å². The van der Waals surface area contributed by atoms with Crippen molar-refractivity contribution in [3.8, 4) is 0 Å². The van der Waals surface area contributed by atoms with Crippen molar-refractivity contribution >= 4 is 16.9 Å². The molecule has 0 N–H and O–H groups in total. The van der Waals surface area contributed by atoms with Crippen molar-refractivity contribution in [2.45, 2.75) is 57.8 Å². The van der Waals surface area contributed by atoms with Gasteiger partial charge >= 0.3 is 6.18 Å². The molecule has 3 aromatic rings. The first-order chi connectivity index (χ1) is 15.1. The lowest BCUT2D eigenvalue weighted by atomic mass is 9.95. The van der Waals surface area contributed by atoms with E-state index in [1.165, 1.54) is 12.1 Å². The van der Waals surface area contributed by atoms with E-state index in [1.807, 2.05) is 20.8 Å². The first kappa shape index (κ1) is 22.5. The maximum absolute atomic E-state index is 13.5. The van der Waals surface area contributed by atoms with Crippen molar-refractivity contribution in [2.24, 2.45) is 0 Å². The number of aromatic nitrogens is 4. The van der Waals surface area contributed by atoms with Crippen LogP contribution in [-0.2, 0) is 22.9 Å². The van der Waals surface area contributed by atoms with Crippen LogP contribution in [0.15, 0.2) is 30.5 Å². The molecular formula is C23H28F3N5O. The Kier molecular flexibility index (Phi) is 5.87. The Morgan fingerprint density at radius 1 is 1.12 bits per heavy atom. The molecule has 32 heavy (non-hydrogen) atoms. The van der Waals surface area contributed by atoms with Crippen molar-refractivity contribution in [2.75, 3.05) is 25.2 Å². The minimum Gasteiger partial charge on any atom is -0.383 e. The summed E-state index contributed by atoms with van der Waals surface area (Å²) in [7, 11) is 1.68. The van der Waals surface area contributed by atoms with E-state index < -0.39 is 11.7 Å². The summed E-state index contributed by atoms with van der Waals surface area (Å²) >= 11 is 0. The molecule has 0 aliphatic carbocycles. The SMILES string of the molecule is COCC1CCCN1c1nc(C(C)(C)C)nc2c1cnn2Cc1ccccc1C(F)(F)F. The number of methoxy groups -OCH3 is 1. The molecule has 4 rings (SSSR count). The van der Waals surface area contributed by atoms with Gasteiger partial charge in [0.2, 0.25) is 0 Å². The van der Waals surface area contributed by atoms with Gasteiger partial charge in [-0.2, -0.15) is 18.3 Å². The van der Waals surface area contributed by atoms with Gasteiger partial charge in [-0.25, -0.2) is 14.6 Å². The van der Waals surface area contributed by atoms with Crippen LogP contribution in [0, 0.1) is 0 Å². The summed E-state index contributed by atoms with van der Waals surface area (Å²) in [6.45, 7) is 7.46. The molecule has 0 bridgehead atoms. The van der Waals surface area contributed by atoms with Gasteiger partial charge in [-0.05, 0) is 24.5 Å². The summed E-state index contributed by atoms with van der Waals surface area (Å²) in [5.41, 5.74) is -0.298. The Bertz CT molecular complexity index is 1100. The summed E-state index contributed by atoms with van der Waals surface area (Å²) in [6.07, 6.45) is -0.747. The number of halogens is 3. The van der Waals surface area contributed by atoms with Crippen molar-refractivity contribution in [3.05, 3.63) is 47.4 Å². The van der Waals surface area contributed by atoms with E-state index >= 15 is 0 Å². The fraction of sp³-hybridized carbons (Fsp3) is 0.522. The van der Waals surface area contributed by atoms with Gasteiger partial charge in [-0.3, -0.25) is 0 Å². The van der Waals surface area contributed by atoms with Gasteiger partial charge in [0.25, 0.3) is 0 Å². The van der Waals surface area contributed by atoms with E-state index in [2.05, 4.69) is 10.00 Å². The maximum atomic E-state index is 13.5. The molecule has 1 atom stereocenters. The van der Waals surface area contributed by atoms with Gasteiger partial charge in [0.1, 0.15) is 11.6 Å². The smallest absolute Gasteiger partial charge is 0.383 e. The van der Waals surface area contributed by atoms with Crippen molar-refractivity contribution in [1.82, 2.24) is 19.7 Å². The molecule has 0 radical (unpaired) electrons. The first-order valence-corrected chi connectivity index (χ1v) is 10.7. The second-order valence-electron chi connectivity index (χ2n) is 9.26. The molecule has 1 aliphatic heterocycles. The lowest BCUT2D eigenvalue weighted by molar-refractivity contribution is -0.138. The van der Waals surface area contributed by atoms with Crippen LogP contribution in [0.2, 0.25) is 0 Å². The third kappa shape index (κ3) is 4.30. The third-order valence-corrected chi connectivity index (χ3v) is 5.80. The van der Waals surface area contributed by atoms with Gasteiger partial charge in [0.15, 0.2) is 5.65 Å². The van der Waals surface area contributed by atoms with Gasteiger partial charge in [0, 0.05) is 19.1 Å². The highest BCUT2D eigenvalue weighted by molar-refractivity contribution is 5.87. The number of fused-ring (bicyclic) bond motifs is 1. The lowest BCUT2D eigenvalue weighted by Gasteiger charge is -2.27. The fourth-order valence-electron chi connectivity index (χ4n) is 4.19. The van der Waals surface area contributed by atoms with Crippen LogP contribution < -0.4 is 4.90 Å². The third-order valence-electron chi connectivity index (χ3n) is 5.80. The molecule has 1 aliphatic rings.